The first-order valence-corrected chi connectivity index (χ1v) is 8.65. The van der Waals surface area contributed by atoms with Crippen molar-refractivity contribution >= 4 is 5.97 Å². The first-order valence-electron chi connectivity index (χ1n) is 8.65. The van der Waals surface area contributed by atoms with Crippen molar-refractivity contribution in [3.63, 3.8) is 0 Å². The fourth-order valence-corrected chi connectivity index (χ4v) is 2.83. The molecule has 2 aliphatic heterocycles. The van der Waals surface area contributed by atoms with Crippen molar-refractivity contribution in [2.24, 2.45) is 0 Å². The summed E-state index contributed by atoms with van der Waals surface area (Å²) in [5.74, 6) is -0.0987. The smallest absolute Gasteiger partial charge is 0.313 e. The summed E-state index contributed by atoms with van der Waals surface area (Å²) in [7, 11) is 0. The minimum absolute atomic E-state index is 0.0233. The highest BCUT2D eigenvalue weighted by Crippen LogP contribution is 2.40. The van der Waals surface area contributed by atoms with Crippen LogP contribution in [0.2, 0.25) is 0 Å². The second-order valence-corrected chi connectivity index (χ2v) is 6.25. The van der Waals surface area contributed by atoms with Crippen LogP contribution in [0.25, 0.3) is 0 Å². The molecule has 1 aromatic carbocycles. The zero-order chi connectivity index (χ0) is 17.5. The maximum Gasteiger partial charge on any atom is 0.313 e. The van der Waals surface area contributed by atoms with E-state index < -0.39 is 5.79 Å². The number of benzene rings is 1. The molecule has 0 atom stereocenters. The van der Waals surface area contributed by atoms with E-state index in [4.69, 9.17) is 23.7 Å². The van der Waals surface area contributed by atoms with Gasteiger partial charge in [-0.15, -0.1) is 0 Å². The van der Waals surface area contributed by atoms with Crippen LogP contribution in [0.1, 0.15) is 13.3 Å². The maximum absolute atomic E-state index is 12.0. The van der Waals surface area contributed by atoms with Gasteiger partial charge >= 0.3 is 5.97 Å². The molecular formula is C18H25NO6. The molecule has 0 aliphatic carbocycles. The number of carbonyl (C=O) groups excluding carboxylic acids is 1. The largest absolute Gasteiger partial charge is 0.463 e. The van der Waals surface area contributed by atoms with E-state index in [0.717, 1.165) is 32.8 Å². The highest BCUT2D eigenvalue weighted by molar-refractivity contribution is 5.70. The van der Waals surface area contributed by atoms with Gasteiger partial charge in [-0.25, -0.2) is 0 Å². The monoisotopic (exact) mass is 351 g/mol. The van der Waals surface area contributed by atoms with Crippen molar-refractivity contribution in [3.8, 4) is 11.5 Å². The number of rotatable bonds is 8. The molecule has 0 saturated carbocycles. The van der Waals surface area contributed by atoms with Gasteiger partial charge in [0.05, 0.1) is 26.4 Å². The molecule has 3 rings (SSSR count). The zero-order valence-corrected chi connectivity index (χ0v) is 14.6. The molecule has 2 heterocycles. The SMILES string of the molecule is CC1(CC(=O)OCCOCCN2CCOCC2)Oc2ccccc2O1. The normalized spacial score (nSPS) is 18.9. The first-order chi connectivity index (χ1) is 12.1. The quantitative estimate of drug-likeness (QED) is 0.519. The van der Waals surface area contributed by atoms with Crippen LogP contribution in [0.5, 0.6) is 11.5 Å². The summed E-state index contributed by atoms with van der Waals surface area (Å²) in [4.78, 5) is 14.3. The maximum atomic E-state index is 12.0. The van der Waals surface area contributed by atoms with E-state index in [-0.39, 0.29) is 19.0 Å². The molecule has 0 amide bonds. The predicted molar refractivity (Wildman–Crippen MR) is 89.8 cm³/mol. The molecular weight excluding hydrogens is 326 g/mol. The van der Waals surface area contributed by atoms with Crippen molar-refractivity contribution in [1.82, 2.24) is 4.90 Å². The van der Waals surface area contributed by atoms with Gasteiger partial charge in [-0.1, -0.05) is 12.1 Å². The number of para-hydroxylation sites is 2. The number of hydrogen-bond acceptors (Lipinski definition) is 7. The average molecular weight is 351 g/mol. The Morgan fingerprint density at radius 2 is 1.80 bits per heavy atom. The van der Waals surface area contributed by atoms with Gasteiger partial charge in [0.25, 0.3) is 5.79 Å². The van der Waals surface area contributed by atoms with Crippen LogP contribution in [0, 0.1) is 0 Å². The lowest BCUT2D eigenvalue weighted by Crippen LogP contribution is -2.38. The van der Waals surface area contributed by atoms with Gasteiger partial charge in [-0.05, 0) is 12.1 Å². The molecule has 7 heteroatoms. The van der Waals surface area contributed by atoms with E-state index in [1.54, 1.807) is 6.92 Å². The van der Waals surface area contributed by atoms with E-state index in [9.17, 15) is 4.79 Å². The Kier molecular flexibility index (Phi) is 6.12. The lowest BCUT2D eigenvalue weighted by molar-refractivity contribution is -0.157. The van der Waals surface area contributed by atoms with Crippen LogP contribution in [0.4, 0.5) is 0 Å². The third-order valence-corrected chi connectivity index (χ3v) is 4.11. The molecule has 0 bridgehead atoms. The lowest BCUT2D eigenvalue weighted by Gasteiger charge is -2.26. The van der Waals surface area contributed by atoms with Crippen LogP contribution in [-0.4, -0.2) is 69.3 Å². The van der Waals surface area contributed by atoms with Crippen molar-refractivity contribution < 1.29 is 28.5 Å². The van der Waals surface area contributed by atoms with E-state index in [2.05, 4.69) is 4.90 Å². The molecule has 0 radical (unpaired) electrons. The summed E-state index contributed by atoms with van der Waals surface area (Å²) >= 11 is 0. The first kappa shape index (κ1) is 18.0. The van der Waals surface area contributed by atoms with Crippen molar-refractivity contribution in [2.45, 2.75) is 19.1 Å². The molecule has 1 saturated heterocycles. The number of carbonyl (C=O) groups is 1. The summed E-state index contributed by atoms with van der Waals surface area (Å²) in [5.41, 5.74) is 0. The lowest BCUT2D eigenvalue weighted by atomic mass is 10.2. The Morgan fingerprint density at radius 1 is 1.12 bits per heavy atom. The molecule has 7 nitrogen and oxygen atoms in total. The number of nitrogens with zero attached hydrogens (tertiary/aromatic N) is 1. The standard InChI is InChI=1S/C18H25NO6/c1-18(24-15-4-2-3-5-16(15)25-18)14-17(20)23-13-12-22-11-8-19-6-9-21-10-7-19/h2-5H,6-14H2,1H3. The second kappa shape index (κ2) is 8.51. The Labute approximate surface area is 147 Å². The summed E-state index contributed by atoms with van der Waals surface area (Å²) in [6, 6.07) is 7.35. The van der Waals surface area contributed by atoms with Crippen molar-refractivity contribution in [2.75, 3.05) is 52.7 Å². The van der Waals surface area contributed by atoms with E-state index in [0.29, 0.717) is 24.7 Å². The number of hydrogen-bond donors (Lipinski definition) is 0. The zero-order valence-electron chi connectivity index (χ0n) is 14.6. The molecule has 0 N–H and O–H groups in total. The van der Waals surface area contributed by atoms with Gasteiger partial charge in [-0.2, -0.15) is 0 Å². The average Bonchev–Trinajstić information content (AvgIpc) is 2.94. The molecule has 0 unspecified atom stereocenters. The number of esters is 1. The number of ether oxygens (including phenoxy) is 5. The fraction of sp³-hybridized carbons (Fsp3) is 0.611. The number of fused-ring (bicyclic) bond motifs is 1. The van der Waals surface area contributed by atoms with Crippen molar-refractivity contribution in [1.29, 1.82) is 0 Å². The van der Waals surface area contributed by atoms with Crippen LogP contribution in [0.15, 0.2) is 24.3 Å². The molecule has 1 aromatic rings. The molecule has 0 aromatic heterocycles. The van der Waals surface area contributed by atoms with E-state index in [1.165, 1.54) is 0 Å². The molecule has 25 heavy (non-hydrogen) atoms. The summed E-state index contributed by atoms with van der Waals surface area (Å²) < 4.78 is 27.4. The van der Waals surface area contributed by atoms with Crippen molar-refractivity contribution in [3.05, 3.63) is 24.3 Å². The Balaban J connectivity index is 1.27. The highest BCUT2D eigenvalue weighted by Gasteiger charge is 2.39. The third kappa shape index (κ3) is 5.32. The van der Waals surface area contributed by atoms with Gasteiger partial charge in [0.2, 0.25) is 0 Å². The summed E-state index contributed by atoms with van der Waals surface area (Å²) in [6.45, 7) is 7.28. The molecule has 1 fully saturated rings. The molecule has 138 valence electrons. The minimum atomic E-state index is -1.02. The summed E-state index contributed by atoms with van der Waals surface area (Å²) in [5, 5.41) is 0. The van der Waals surface area contributed by atoms with Crippen LogP contribution in [-0.2, 0) is 19.0 Å². The Hall–Kier alpha value is -1.83. The molecule has 2 aliphatic rings. The third-order valence-electron chi connectivity index (χ3n) is 4.11. The minimum Gasteiger partial charge on any atom is -0.463 e. The van der Waals surface area contributed by atoms with Gasteiger partial charge < -0.3 is 23.7 Å². The van der Waals surface area contributed by atoms with Crippen LogP contribution < -0.4 is 9.47 Å². The Morgan fingerprint density at radius 3 is 2.48 bits per heavy atom. The van der Waals surface area contributed by atoms with Gasteiger partial charge in [0.15, 0.2) is 11.5 Å². The van der Waals surface area contributed by atoms with Crippen LogP contribution in [0.3, 0.4) is 0 Å². The summed E-state index contributed by atoms with van der Waals surface area (Å²) in [6.07, 6.45) is 0.0233. The van der Waals surface area contributed by atoms with E-state index >= 15 is 0 Å². The van der Waals surface area contributed by atoms with Gasteiger partial charge in [0.1, 0.15) is 13.0 Å². The molecule has 0 spiro atoms. The topological polar surface area (TPSA) is 66.5 Å². The van der Waals surface area contributed by atoms with Gasteiger partial charge in [-0.3, -0.25) is 9.69 Å². The predicted octanol–water partition coefficient (Wildman–Crippen LogP) is 1.46. The highest BCUT2D eigenvalue weighted by atomic mass is 16.7. The van der Waals surface area contributed by atoms with Gasteiger partial charge in [0, 0.05) is 26.6 Å². The number of morpholine rings is 1. The fourth-order valence-electron chi connectivity index (χ4n) is 2.83. The van der Waals surface area contributed by atoms with Crippen LogP contribution >= 0.6 is 0 Å². The van der Waals surface area contributed by atoms with E-state index in [1.807, 2.05) is 24.3 Å². The second-order valence-electron chi connectivity index (χ2n) is 6.25. The Bertz CT molecular complexity index is 547.